The first-order chi connectivity index (χ1) is 8.91. The van der Waals surface area contributed by atoms with Gasteiger partial charge in [0.15, 0.2) is 0 Å². The normalized spacial score (nSPS) is 14.2. The van der Waals surface area contributed by atoms with E-state index in [4.69, 9.17) is 5.73 Å². The average molecular weight is 282 g/mol. The minimum absolute atomic E-state index is 0.0871. The fraction of sp³-hybridized carbons (Fsp3) is 0.667. The first-order valence-electron chi connectivity index (χ1n) is 6.95. The second-order valence-corrected chi connectivity index (χ2v) is 6.53. The van der Waals surface area contributed by atoms with Crippen molar-refractivity contribution in [3.05, 3.63) is 21.9 Å². The first kappa shape index (κ1) is 16.2. The molecule has 3 nitrogen and oxygen atoms in total. The highest BCUT2D eigenvalue weighted by atomic mass is 32.1. The summed E-state index contributed by atoms with van der Waals surface area (Å²) in [6.07, 6.45) is 2.94. The van der Waals surface area contributed by atoms with E-state index in [1.807, 2.05) is 25.8 Å². The highest BCUT2D eigenvalue weighted by Gasteiger charge is 2.18. The van der Waals surface area contributed by atoms with Gasteiger partial charge in [0.25, 0.3) is 0 Å². The van der Waals surface area contributed by atoms with E-state index in [0.29, 0.717) is 0 Å². The Bertz CT molecular complexity index is 401. The van der Waals surface area contributed by atoms with E-state index < -0.39 is 0 Å². The number of amides is 1. The Hall–Kier alpha value is -0.870. The maximum absolute atomic E-state index is 12.3. The molecule has 108 valence electrons. The minimum atomic E-state index is 0.0871. The van der Waals surface area contributed by atoms with E-state index in [1.54, 1.807) is 11.3 Å². The Morgan fingerprint density at radius 3 is 2.63 bits per heavy atom. The Labute approximate surface area is 120 Å². The first-order valence-corrected chi connectivity index (χ1v) is 7.83. The Morgan fingerprint density at radius 1 is 1.42 bits per heavy atom. The van der Waals surface area contributed by atoms with Crippen LogP contribution in [-0.2, 0) is 11.3 Å². The van der Waals surface area contributed by atoms with Crippen LogP contribution in [0.4, 0.5) is 0 Å². The summed E-state index contributed by atoms with van der Waals surface area (Å²) in [5, 5.41) is 2.08. The van der Waals surface area contributed by atoms with Crippen LogP contribution in [0.3, 0.4) is 0 Å². The molecule has 1 heterocycles. The Kier molecular flexibility index (Phi) is 6.52. The molecule has 1 aromatic rings. The van der Waals surface area contributed by atoms with Crippen molar-refractivity contribution in [1.82, 2.24) is 4.90 Å². The van der Waals surface area contributed by atoms with Crippen molar-refractivity contribution >= 4 is 17.2 Å². The molecule has 0 spiro atoms. The highest BCUT2D eigenvalue weighted by molar-refractivity contribution is 7.10. The van der Waals surface area contributed by atoms with Crippen LogP contribution in [0.1, 0.15) is 43.6 Å². The molecule has 0 aliphatic carbocycles. The predicted molar refractivity (Wildman–Crippen MR) is 82.2 cm³/mol. The molecule has 1 rings (SSSR count). The molecule has 19 heavy (non-hydrogen) atoms. The van der Waals surface area contributed by atoms with Crippen molar-refractivity contribution in [2.24, 2.45) is 11.7 Å². The summed E-state index contributed by atoms with van der Waals surface area (Å²) in [5.41, 5.74) is 7.00. The van der Waals surface area contributed by atoms with Gasteiger partial charge in [-0.15, -0.1) is 11.3 Å². The zero-order valence-corrected chi connectivity index (χ0v) is 13.3. The van der Waals surface area contributed by atoms with Gasteiger partial charge in [0.2, 0.25) is 5.91 Å². The van der Waals surface area contributed by atoms with Crippen molar-refractivity contribution in [2.45, 2.75) is 52.6 Å². The number of carbonyl (C=O) groups excluding carboxylic acids is 1. The minimum Gasteiger partial charge on any atom is -0.340 e. The summed E-state index contributed by atoms with van der Waals surface area (Å²) < 4.78 is 0. The number of thiophene rings is 1. The van der Waals surface area contributed by atoms with Crippen LogP contribution in [0, 0.1) is 12.8 Å². The molecule has 0 radical (unpaired) electrons. The summed E-state index contributed by atoms with van der Waals surface area (Å²) in [5.74, 6) is 0.321. The number of hydrogen-bond acceptors (Lipinski definition) is 3. The van der Waals surface area contributed by atoms with E-state index in [2.05, 4.69) is 18.4 Å². The molecule has 0 saturated carbocycles. The van der Waals surface area contributed by atoms with E-state index in [-0.39, 0.29) is 17.9 Å². The molecule has 0 saturated heterocycles. The Morgan fingerprint density at radius 2 is 2.11 bits per heavy atom. The zero-order chi connectivity index (χ0) is 14.4. The SMILES string of the molecule is Cc1ccsc1CN(C)C(=O)C(C)CCCC(C)N. The topological polar surface area (TPSA) is 46.3 Å². The Balaban J connectivity index is 2.41. The highest BCUT2D eigenvalue weighted by Crippen LogP contribution is 2.19. The van der Waals surface area contributed by atoms with Gasteiger partial charge < -0.3 is 10.6 Å². The van der Waals surface area contributed by atoms with Crippen LogP contribution in [0.15, 0.2) is 11.4 Å². The summed E-state index contributed by atoms with van der Waals surface area (Å²) in [4.78, 5) is 15.4. The smallest absolute Gasteiger partial charge is 0.225 e. The quantitative estimate of drug-likeness (QED) is 0.835. The summed E-state index contributed by atoms with van der Waals surface area (Å²) >= 11 is 1.72. The molecule has 1 amide bonds. The molecule has 0 bridgehead atoms. The lowest BCUT2D eigenvalue weighted by Crippen LogP contribution is -2.31. The largest absolute Gasteiger partial charge is 0.340 e. The molecule has 2 atom stereocenters. The molecule has 1 aromatic heterocycles. The molecule has 2 unspecified atom stereocenters. The maximum Gasteiger partial charge on any atom is 0.225 e. The second-order valence-electron chi connectivity index (χ2n) is 5.53. The lowest BCUT2D eigenvalue weighted by atomic mass is 10.0. The van der Waals surface area contributed by atoms with Gasteiger partial charge in [-0.1, -0.05) is 13.3 Å². The second kappa shape index (κ2) is 7.65. The number of carbonyl (C=O) groups is 1. The molecule has 0 aliphatic rings. The predicted octanol–water partition coefficient (Wildman–Crippen LogP) is 3.17. The van der Waals surface area contributed by atoms with Crippen LogP contribution in [0.2, 0.25) is 0 Å². The number of hydrogen-bond donors (Lipinski definition) is 1. The van der Waals surface area contributed by atoms with Crippen LogP contribution < -0.4 is 5.73 Å². The van der Waals surface area contributed by atoms with E-state index in [9.17, 15) is 4.79 Å². The molecule has 4 heteroatoms. The van der Waals surface area contributed by atoms with Crippen LogP contribution in [-0.4, -0.2) is 23.9 Å². The van der Waals surface area contributed by atoms with Gasteiger partial charge in [-0.2, -0.15) is 0 Å². The van der Waals surface area contributed by atoms with Gasteiger partial charge in [0.05, 0.1) is 6.54 Å². The van der Waals surface area contributed by atoms with E-state index >= 15 is 0 Å². The molecule has 0 aliphatic heterocycles. The van der Waals surface area contributed by atoms with Gasteiger partial charge in [-0.05, 0) is 43.7 Å². The summed E-state index contributed by atoms with van der Waals surface area (Å²) in [6.45, 7) is 6.84. The summed E-state index contributed by atoms with van der Waals surface area (Å²) in [6, 6.07) is 2.33. The van der Waals surface area contributed by atoms with Crippen molar-refractivity contribution < 1.29 is 4.79 Å². The van der Waals surface area contributed by atoms with Gasteiger partial charge in [0.1, 0.15) is 0 Å². The summed E-state index contributed by atoms with van der Waals surface area (Å²) in [7, 11) is 1.89. The molecular weight excluding hydrogens is 256 g/mol. The maximum atomic E-state index is 12.3. The average Bonchev–Trinajstić information content (AvgIpc) is 2.73. The monoisotopic (exact) mass is 282 g/mol. The molecular formula is C15H26N2OS. The third kappa shape index (κ3) is 5.33. The van der Waals surface area contributed by atoms with Gasteiger partial charge in [-0.3, -0.25) is 4.79 Å². The fourth-order valence-electron chi connectivity index (χ4n) is 2.11. The van der Waals surface area contributed by atoms with Crippen LogP contribution in [0.5, 0.6) is 0 Å². The molecule has 0 fully saturated rings. The zero-order valence-electron chi connectivity index (χ0n) is 12.5. The number of rotatable bonds is 7. The standard InChI is InChI=1S/C15H26N2OS/c1-11-8-9-19-14(11)10-17(4)15(18)12(2)6-5-7-13(3)16/h8-9,12-13H,5-7,10,16H2,1-4H3. The van der Waals surface area contributed by atoms with Crippen LogP contribution >= 0.6 is 11.3 Å². The number of nitrogens with zero attached hydrogens (tertiary/aromatic N) is 1. The fourth-order valence-corrected chi connectivity index (χ4v) is 3.06. The van der Waals surface area contributed by atoms with E-state index in [1.165, 1.54) is 10.4 Å². The van der Waals surface area contributed by atoms with Gasteiger partial charge in [0, 0.05) is 23.9 Å². The van der Waals surface area contributed by atoms with Crippen molar-refractivity contribution in [2.75, 3.05) is 7.05 Å². The third-order valence-corrected chi connectivity index (χ3v) is 4.45. The van der Waals surface area contributed by atoms with Gasteiger partial charge >= 0.3 is 0 Å². The number of nitrogens with two attached hydrogens (primary N) is 1. The third-order valence-electron chi connectivity index (χ3n) is 3.44. The molecule has 0 aromatic carbocycles. The number of aryl methyl sites for hydroxylation is 1. The van der Waals surface area contributed by atoms with Crippen molar-refractivity contribution in [3.8, 4) is 0 Å². The lowest BCUT2D eigenvalue weighted by Gasteiger charge is -2.21. The van der Waals surface area contributed by atoms with Crippen molar-refractivity contribution in [3.63, 3.8) is 0 Å². The van der Waals surface area contributed by atoms with Gasteiger partial charge in [-0.25, -0.2) is 0 Å². The van der Waals surface area contributed by atoms with Crippen LogP contribution in [0.25, 0.3) is 0 Å². The van der Waals surface area contributed by atoms with E-state index in [0.717, 1.165) is 25.8 Å². The lowest BCUT2D eigenvalue weighted by molar-refractivity contribution is -0.134. The van der Waals surface area contributed by atoms with Crippen molar-refractivity contribution in [1.29, 1.82) is 0 Å². The molecule has 2 N–H and O–H groups in total.